The molecule has 134 valence electrons. The highest BCUT2D eigenvalue weighted by molar-refractivity contribution is 6.72. The average molecular weight is 353 g/mol. The van der Waals surface area contributed by atoms with Crippen molar-refractivity contribution in [2.45, 2.75) is 50.8 Å². The lowest BCUT2D eigenvalue weighted by Gasteiger charge is -2.38. The van der Waals surface area contributed by atoms with Crippen LogP contribution in [0, 0.1) is 5.92 Å². The van der Waals surface area contributed by atoms with E-state index in [1.807, 2.05) is 19.2 Å². The van der Waals surface area contributed by atoms with Gasteiger partial charge in [-0.15, -0.1) is 0 Å². The molecule has 0 saturated carbocycles. The van der Waals surface area contributed by atoms with Crippen LogP contribution in [0.4, 0.5) is 0 Å². The van der Waals surface area contributed by atoms with Crippen molar-refractivity contribution in [2.75, 3.05) is 13.7 Å². The summed E-state index contributed by atoms with van der Waals surface area (Å²) in [4.78, 5) is 22.9. The lowest BCUT2D eigenvalue weighted by atomic mass is 9.92. The fourth-order valence-corrected chi connectivity index (χ4v) is 3.56. The predicted molar refractivity (Wildman–Crippen MR) is 94.2 cm³/mol. The largest absolute Gasteiger partial charge is 0.456 e. The van der Waals surface area contributed by atoms with Gasteiger partial charge in [0.15, 0.2) is 14.6 Å². The number of ether oxygens (including phenoxy) is 3. The second-order valence-electron chi connectivity index (χ2n) is 7.56. The van der Waals surface area contributed by atoms with Crippen molar-refractivity contribution < 1.29 is 23.8 Å². The van der Waals surface area contributed by atoms with Crippen molar-refractivity contribution in [3.05, 3.63) is 35.9 Å². The van der Waals surface area contributed by atoms with Gasteiger partial charge in [-0.25, -0.2) is 4.79 Å². The number of carbonyl (C=O) groups is 1. The molecule has 1 aliphatic rings. The SMILES string of the molecule is COC1OC[C@H](OC(=O)c2ccccc2)[C@@H]1CC(C)(C)[Si](C)(C)O. The Hall–Kier alpha value is -1.21. The van der Waals surface area contributed by atoms with Gasteiger partial charge in [0.05, 0.1) is 12.2 Å². The highest BCUT2D eigenvalue weighted by atomic mass is 28.4. The van der Waals surface area contributed by atoms with E-state index in [4.69, 9.17) is 14.2 Å². The Morgan fingerprint density at radius 2 is 1.96 bits per heavy atom. The number of rotatable bonds is 6. The van der Waals surface area contributed by atoms with Crippen LogP contribution in [0.5, 0.6) is 0 Å². The zero-order valence-corrected chi connectivity index (χ0v) is 16.1. The van der Waals surface area contributed by atoms with Crippen molar-refractivity contribution in [1.29, 1.82) is 0 Å². The summed E-state index contributed by atoms with van der Waals surface area (Å²) in [5, 5.41) is -0.250. The first-order valence-electron chi connectivity index (χ1n) is 8.28. The van der Waals surface area contributed by atoms with Crippen LogP contribution in [0.25, 0.3) is 0 Å². The van der Waals surface area contributed by atoms with Gasteiger partial charge in [0.1, 0.15) is 6.10 Å². The quantitative estimate of drug-likeness (QED) is 0.629. The van der Waals surface area contributed by atoms with E-state index in [0.29, 0.717) is 18.6 Å². The van der Waals surface area contributed by atoms with Gasteiger partial charge in [-0.1, -0.05) is 32.0 Å². The Kier molecular flexibility index (Phi) is 5.85. The fraction of sp³-hybridized carbons (Fsp3) is 0.611. The second-order valence-corrected chi connectivity index (χ2v) is 12.0. The van der Waals surface area contributed by atoms with Crippen molar-refractivity contribution >= 4 is 14.3 Å². The van der Waals surface area contributed by atoms with E-state index in [-0.39, 0.29) is 23.0 Å². The van der Waals surface area contributed by atoms with Gasteiger partial charge in [-0.2, -0.15) is 0 Å². The van der Waals surface area contributed by atoms with Gasteiger partial charge in [0.25, 0.3) is 0 Å². The topological polar surface area (TPSA) is 65.0 Å². The summed E-state index contributed by atoms with van der Waals surface area (Å²) in [7, 11) is -0.789. The molecular formula is C18H28O5Si. The minimum absolute atomic E-state index is 0.100. The molecular weight excluding hydrogens is 324 g/mol. The van der Waals surface area contributed by atoms with E-state index in [0.717, 1.165) is 0 Å². The lowest BCUT2D eigenvalue weighted by molar-refractivity contribution is -0.113. The summed E-state index contributed by atoms with van der Waals surface area (Å²) in [5.74, 6) is -0.458. The molecule has 0 aliphatic carbocycles. The molecule has 1 aliphatic heterocycles. The molecule has 1 N–H and O–H groups in total. The van der Waals surface area contributed by atoms with Crippen LogP contribution in [-0.2, 0) is 14.2 Å². The van der Waals surface area contributed by atoms with Crippen molar-refractivity contribution in [1.82, 2.24) is 0 Å². The molecule has 24 heavy (non-hydrogen) atoms. The number of hydrogen-bond donors (Lipinski definition) is 1. The van der Waals surface area contributed by atoms with Crippen LogP contribution >= 0.6 is 0 Å². The molecule has 2 rings (SSSR count). The van der Waals surface area contributed by atoms with E-state index >= 15 is 0 Å². The Bertz CT molecular complexity index is 552. The third-order valence-electron chi connectivity index (χ3n) is 5.15. The molecule has 1 heterocycles. The Morgan fingerprint density at radius 3 is 2.50 bits per heavy atom. The van der Waals surface area contributed by atoms with Crippen molar-refractivity contribution in [3.63, 3.8) is 0 Å². The van der Waals surface area contributed by atoms with E-state index in [9.17, 15) is 9.59 Å². The van der Waals surface area contributed by atoms with Crippen LogP contribution in [0.15, 0.2) is 30.3 Å². The lowest BCUT2D eigenvalue weighted by Crippen LogP contribution is -2.43. The molecule has 3 atom stereocenters. The smallest absolute Gasteiger partial charge is 0.338 e. The summed E-state index contributed by atoms with van der Waals surface area (Å²) >= 11 is 0. The third kappa shape index (κ3) is 4.24. The molecule has 1 aromatic carbocycles. The van der Waals surface area contributed by atoms with Crippen LogP contribution in [0.2, 0.25) is 18.1 Å². The molecule has 0 bridgehead atoms. The highest BCUT2D eigenvalue weighted by Crippen LogP contribution is 2.45. The summed E-state index contributed by atoms with van der Waals surface area (Å²) in [6, 6.07) is 8.93. The monoisotopic (exact) mass is 352 g/mol. The average Bonchev–Trinajstić information content (AvgIpc) is 2.88. The van der Waals surface area contributed by atoms with Crippen LogP contribution < -0.4 is 0 Å². The maximum atomic E-state index is 12.3. The minimum Gasteiger partial charge on any atom is -0.456 e. The van der Waals surface area contributed by atoms with Gasteiger partial charge in [0, 0.05) is 13.0 Å². The Morgan fingerprint density at radius 1 is 1.33 bits per heavy atom. The Balaban J connectivity index is 2.12. The van der Waals surface area contributed by atoms with Gasteiger partial charge < -0.3 is 19.0 Å². The van der Waals surface area contributed by atoms with E-state index in [1.165, 1.54) is 0 Å². The first-order chi connectivity index (χ1) is 11.2. The maximum Gasteiger partial charge on any atom is 0.338 e. The van der Waals surface area contributed by atoms with Crippen LogP contribution in [-0.4, -0.2) is 45.2 Å². The number of carbonyl (C=O) groups excluding carboxylic acids is 1. The predicted octanol–water partition coefficient (Wildman–Crippen LogP) is 3.20. The standard InChI is InChI=1S/C18H28O5Si/c1-18(2,24(4,5)20)11-14-15(12-22-17(14)21-3)23-16(19)13-9-7-6-8-10-13/h6-10,14-15,17,20H,11-12H2,1-5H3/t14-,15-,17?/m0/s1. The number of methoxy groups -OCH3 is 1. The highest BCUT2D eigenvalue weighted by Gasteiger charge is 2.47. The maximum absolute atomic E-state index is 12.3. The molecule has 5 nitrogen and oxygen atoms in total. The summed E-state index contributed by atoms with van der Waals surface area (Å²) < 4.78 is 16.8. The molecule has 0 aromatic heterocycles. The number of esters is 1. The normalized spacial score (nSPS) is 24.8. The molecule has 0 spiro atoms. The summed E-state index contributed by atoms with van der Waals surface area (Å²) in [6.07, 6.45) is -0.124. The summed E-state index contributed by atoms with van der Waals surface area (Å²) in [5.41, 5.74) is 0.522. The molecule has 1 fully saturated rings. The van der Waals surface area contributed by atoms with Gasteiger partial charge in [-0.3, -0.25) is 0 Å². The molecule has 0 amide bonds. The van der Waals surface area contributed by atoms with Crippen molar-refractivity contribution in [2.24, 2.45) is 5.92 Å². The zero-order valence-electron chi connectivity index (χ0n) is 15.1. The third-order valence-corrected chi connectivity index (χ3v) is 8.67. The molecule has 1 saturated heterocycles. The van der Waals surface area contributed by atoms with Gasteiger partial charge >= 0.3 is 5.97 Å². The zero-order chi connectivity index (χ0) is 18.0. The van der Waals surface area contributed by atoms with E-state index in [2.05, 4.69) is 13.8 Å². The molecule has 0 radical (unpaired) electrons. The first kappa shape index (κ1) is 19.1. The second kappa shape index (κ2) is 7.35. The van der Waals surface area contributed by atoms with Gasteiger partial charge in [-0.05, 0) is 36.7 Å². The fourth-order valence-electron chi connectivity index (χ4n) is 2.82. The van der Waals surface area contributed by atoms with Gasteiger partial charge in [0.2, 0.25) is 0 Å². The number of benzene rings is 1. The number of hydrogen-bond acceptors (Lipinski definition) is 5. The summed E-state index contributed by atoms with van der Waals surface area (Å²) in [6.45, 7) is 8.27. The van der Waals surface area contributed by atoms with Crippen LogP contribution in [0.3, 0.4) is 0 Å². The van der Waals surface area contributed by atoms with Crippen molar-refractivity contribution in [3.8, 4) is 0 Å². The van der Waals surface area contributed by atoms with E-state index < -0.39 is 14.6 Å². The molecule has 1 aromatic rings. The van der Waals surface area contributed by atoms with Crippen LogP contribution in [0.1, 0.15) is 30.6 Å². The molecule has 6 heteroatoms. The van der Waals surface area contributed by atoms with E-state index in [1.54, 1.807) is 31.4 Å². The molecule has 1 unspecified atom stereocenters. The Labute approximate surface area is 145 Å². The first-order valence-corrected chi connectivity index (χ1v) is 11.2. The minimum atomic E-state index is -2.38.